The van der Waals surface area contributed by atoms with Gasteiger partial charge in [-0.1, -0.05) is 36.4 Å². The lowest BCUT2D eigenvalue weighted by Gasteiger charge is -2.20. The summed E-state index contributed by atoms with van der Waals surface area (Å²) in [6.07, 6.45) is 2.66. The molecule has 1 fully saturated rings. The van der Waals surface area contributed by atoms with Gasteiger partial charge in [0.1, 0.15) is 5.75 Å². The zero-order chi connectivity index (χ0) is 14.7. The topological polar surface area (TPSA) is 47.3 Å². The van der Waals surface area contributed by atoms with Crippen LogP contribution in [0.25, 0.3) is 0 Å². The Balaban J connectivity index is 1.77. The predicted octanol–water partition coefficient (Wildman–Crippen LogP) is 3.68. The molecule has 2 aromatic rings. The van der Waals surface area contributed by atoms with Crippen LogP contribution in [-0.4, -0.2) is 13.7 Å². The number of hydrogen-bond donors (Lipinski definition) is 2. The average molecular weight is 282 g/mol. The van der Waals surface area contributed by atoms with Gasteiger partial charge in [0.05, 0.1) is 18.8 Å². The fourth-order valence-electron chi connectivity index (χ4n) is 2.65. The number of hydrogen-bond acceptors (Lipinski definition) is 3. The number of rotatable bonds is 6. The Kier molecular flexibility index (Phi) is 4.11. The summed E-state index contributed by atoms with van der Waals surface area (Å²) in [5.41, 5.74) is 9.59. The van der Waals surface area contributed by atoms with Crippen LogP contribution in [-0.2, 0) is 0 Å². The van der Waals surface area contributed by atoms with E-state index in [9.17, 15) is 0 Å². The minimum Gasteiger partial charge on any atom is -0.495 e. The second kappa shape index (κ2) is 6.19. The summed E-state index contributed by atoms with van der Waals surface area (Å²) in [7, 11) is 1.68. The van der Waals surface area contributed by atoms with Gasteiger partial charge in [0, 0.05) is 6.54 Å². The minimum atomic E-state index is 0.0922. The summed E-state index contributed by atoms with van der Waals surface area (Å²) >= 11 is 0. The number of para-hydroxylation sites is 2. The molecule has 1 atom stereocenters. The number of methoxy groups -OCH3 is 1. The molecule has 1 aliphatic rings. The van der Waals surface area contributed by atoms with Crippen molar-refractivity contribution in [3.05, 3.63) is 59.7 Å². The molecule has 0 radical (unpaired) electrons. The zero-order valence-corrected chi connectivity index (χ0v) is 12.4. The molecule has 1 saturated carbocycles. The summed E-state index contributed by atoms with van der Waals surface area (Å²) < 4.78 is 5.38. The molecule has 0 aliphatic heterocycles. The van der Waals surface area contributed by atoms with Crippen LogP contribution < -0.4 is 15.8 Å². The van der Waals surface area contributed by atoms with Crippen molar-refractivity contribution in [3.8, 4) is 5.75 Å². The van der Waals surface area contributed by atoms with Gasteiger partial charge in [-0.15, -0.1) is 0 Å². The Morgan fingerprint density at radius 2 is 1.86 bits per heavy atom. The van der Waals surface area contributed by atoms with E-state index in [1.54, 1.807) is 7.11 Å². The first-order chi connectivity index (χ1) is 10.3. The molecular formula is C18H22N2O. The lowest BCUT2D eigenvalue weighted by Crippen LogP contribution is -2.20. The largest absolute Gasteiger partial charge is 0.495 e. The van der Waals surface area contributed by atoms with Crippen LogP contribution in [0.3, 0.4) is 0 Å². The van der Waals surface area contributed by atoms with Gasteiger partial charge in [-0.05, 0) is 42.0 Å². The number of nitrogens with two attached hydrogens (primary N) is 1. The van der Waals surface area contributed by atoms with E-state index >= 15 is 0 Å². The maximum atomic E-state index is 5.95. The molecule has 0 bridgehead atoms. The van der Waals surface area contributed by atoms with Crippen LogP contribution >= 0.6 is 0 Å². The standard InChI is InChI=1S/C18H22N2O/c1-21-18-5-3-2-4-16(18)20-17(12-19)15-10-8-14(9-11-15)13-6-7-13/h2-5,8-11,13,17,20H,6-7,12,19H2,1H3. The molecule has 0 saturated heterocycles. The Morgan fingerprint density at radius 1 is 1.14 bits per heavy atom. The zero-order valence-electron chi connectivity index (χ0n) is 12.4. The van der Waals surface area contributed by atoms with Gasteiger partial charge in [-0.25, -0.2) is 0 Å². The highest BCUT2D eigenvalue weighted by atomic mass is 16.5. The molecule has 21 heavy (non-hydrogen) atoms. The van der Waals surface area contributed by atoms with Crippen molar-refractivity contribution < 1.29 is 4.74 Å². The van der Waals surface area contributed by atoms with Gasteiger partial charge in [-0.3, -0.25) is 0 Å². The number of anilines is 1. The SMILES string of the molecule is COc1ccccc1NC(CN)c1ccc(C2CC2)cc1. The lowest BCUT2D eigenvalue weighted by molar-refractivity contribution is 0.416. The van der Waals surface area contributed by atoms with Crippen molar-refractivity contribution in [3.63, 3.8) is 0 Å². The number of nitrogens with one attached hydrogen (secondary N) is 1. The first-order valence-corrected chi connectivity index (χ1v) is 7.51. The van der Waals surface area contributed by atoms with Crippen molar-refractivity contribution in [1.29, 1.82) is 0 Å². The van der Waals surface area contributed by atoms with E-state index in [1.165, 1.54) is 24.0 Å². The van der Waals surface area contributed by atoms with E-state index < -0.39 is 0 Å². The third kappa shape index (κ3) is 3.19. The second-order valence-corrected chi connectivity index (χ2v) is 5.57. The van der Waals surface area contributed by atoms with Crippen LogP contribution in [0.4, 0.5) is 5.69 Å². The molecule has 0 amide bonds. The molecule has 2 aromatic carbocycles. The first kappa shape index (κ1) is 14.0. The molecule has 0 heterocycles. The first-order valence-electron chi connectivity index (χ1n) is 7.51. The van der Waals surface area contributed by atoms with E-state index in [1.807, 2.05) is 24.3 Å². The van der Waals surface area contributed by atoms with Crippen LogP contribution in [0.2, 0.25) is 0 Å². The minimum absolute atomic E-state index is 0.0922. The third-order valence-corrected chi connectivity index (χ3v) is 4.06. The molecule has 3 nitrogen and oxygen atoms in total. The maximum absolute atomic E-state index is 5.95. The molecule has 3 N–H and O–H groups in total. The van der Waals surface area contributed by atoms with Gasteiger partial charge >= 0.3 is 0 Å². The molecule has 3 rings (SSSR count). The summed E-state index contributed by atoms with van der Waals surface area (Å²) in [6.45, 7) is 0.542. The molecule has 3 heteroatoms. The van der Waals surface area contributed by atoms with Crippen molar-refractivity contribution in [1.82, 2.24) is 0 Å². The molecule has 1 unspecified atom stereocenters. The molecule has 0 aromatic heterocycles. The van der Waals surface area contributed by atoms with Gasteiger partial charge in [0.25, 0.3) is 0 Å². The van der Waals surface area contributed by atoms with Gasteiger partial charge in [0.15, 0.2) is 0 Å². The highest BCUT2D eigenvalue weighted by Crippen LogP contribution is 2.40. The average Bonchev–Trinajstić information content (AvgIpc) is 3.38. The number of benzene rings is 2. The van der Waals surface area contributed by atoms with Gasteiger partial charge in [0.2, 0.25) is 0 Å². The van der Waals surface area contributed by atoms with Crippen molar-refractivity contribution >= 4 is 5.69 Å². The summed E-state index contributed by atoms with van der Waals surface area (Å²) in [5.74, 6) is 1.63. The van der Waals surface area contributed by atoms with Crippen molar-refractivity contribution in [2.45, 2.75) is 24.8 Å². The summed E-state index contributed by atoms with van der Waals surface area (Å²) in [5, 5.41) is 3.48. The van der Waals surface area contributed by atoms with Crippen molar-refractivity contribution in [2.75, 3.05) is 19.0 Å². The van der Waals surface area contributed by atoms with Crippen molar-refractivity contribution in [2.24, 2.45) is 5.73 Å². The van der Waals surface area contributed by atoms with E-state index in [-0.39, 0.29) is 6.04 Å². The Hall–Kier alpha value is -2.00. The fourth-order valence-corrected chi connectivity index (χ4v) is 2.65. The molecular weight excluding hydrogens is 260 g/mol. The van der Waals surface area contributed by atoms with Gasteiger partial charge < -0.3 is 15.8 Å². The monoisotopic (exact) mass is 282 g/mol. The second-order valence-electron chi connectivity index (χ2n) is 5.57. The summed E-state index contributed by atoms with van der Waals surface area (Å²) in [6, 6.07) is 16.9. The van der Waals surface area contributed by atoms with E-state index in [4.69, 9.17) is 10.5 Å². The van der Waals surface area contributed by atoms with E-state index in [0.29, 0.717) is 6.54 Å². The molecule has 110 valence electrons. The Morgan fingerprint density at radius 3 is 2.48 bits per heavy atom. The van der Waals surface area contributed by atoms with Crippen LogP contribution in [0, 0.1) is 0 Å². The van der Waals surface area contributed by atoms with Crippen LogP contribution in [0.5, 0.6) is 5.75 Å². The highest BCUT2D eigenvalue weighted by Gasteiger charge is 2.23. The molecule has 1 aliphatic carbocycles. The van der Waals surface area contributed by atoms with E-state index in [0.717, 1.165) is 17.4 Å². The third-order valence-electron chi connectivity index (χ3n) is 4.06. The Labute approximate surface area is 126 Å². The fraction of sp³-hybridized carbons (Fsp3) is 0.333. The number of ether oxygens (including phenoxy) is 1. The van der Waals surface area contributed by atoms with Crippen LogP contribution in [0.15, 0.2) is 48.5 Å². The lowest BCUT2D eigenvalue weighted by atomic mass is 10.0. The predicted molar refractivity (Wildman–Crippen MR) is 86.8 cm³/mol. The van der Waals surface area contributed by atoms with E-state index in [2.05, 4.69) is 29.6 Å². The normalized spacial score (nSPS) is 15.5. The van der Waals surface area contributed by atoms with Crippen LogP contribution in [0.1, 0.15) is 35.9 Å². The maximum Gasteiger partial charge on any atom is 0.141 e. The smallest absolute Gasteiger partial charge is 0.141 e. The Bertz CT molecular complexity index is 590. The highest BCUT2D eigenvalue weighted by molar-refractivity contribution is 5.57. The molecule has 0 spiro atoms. The summed E-state index contributed by atoms with van der Waals surface area (Å²) in [4.78, 5) is 0. The van der Waals surface area contributed by atoms with Gasteiger partial charge in [-0.2, -0.15) is 0 Å². The quantitative estimate of drug-likeness (QED) is 0.849.